The second-order valence-corrected chi connectivity index (χ2v) is 4.69. The number of hydrogen-bond donors (Lipinski definition) is 4. The van der Waals surface area contributed by atoms with Gasteiger partial charge in [-0.2, -0.15) is 10.2 Å². The summed E-state index contributed by atoms with van der Waals surface area (Å²) in [6.45, 7) is 6.96. The van der Waals surface area contributed by atoms with E-state index in [4.69, 9.17) is 11.1 Å². The molecule has 0 spiro atoms. The van der Waals surface area contributed by atoms with Crippen LogP contribution in [0.4, 0.5) is 0 Å². The van der Waals surface area contributed by atoms with Crippen molar-refractivity contribution in [2.75, 3.05) is 0 Å². The summed E-state index contributed by atoms with van der Waals surface area (Å²) in [5, 5.41) is 15.4. The first-order valence-corrected chi connectivity index (χ1v) is 5.37. The summed E-state index contributed by atoms with van der Waals surface area (Å²) < 4.78 is 6.16. The van der Waals surface area contributed by atoms with Crippen molar-refractivity contribution in [1.82, 2.24) is 4.72 Å². The third-order valence-electron chi connectivity index (χ3n) is 1.99. The van der Waals surface area contributed by atoms with Crippen LogP contribution >= 0.6 is 12.8 Å². The van der Waals surface area contributed by atoms with Crippen molar-refractivity contribution in [2.24, 2.45) is 20.4 Å². The monoisotopic (exact) mass is 261 g/mol. The Hall–Kier alpha value is -0.760. The predicted molar refractivity (Wildman–Crippen MR) is 71.8 cm³/mol. The molecule has 16 heavy (non-hydrogen) atoms. The van der Waals surface area contributed by atoms with E-state index in [2.05, 4.69) is 45.0 Å². The number of nitrogens with two attached hydrogens (primary N) is 1. The van der Waals surface area contributed by atoms with Crippen molar-refractivity contribution in [1.29, 1.82) is 5.41 Å². The summed E-state index contributed by atoms with van der Waals surface area (Å²) >= 11 is 8.47. The molecule has 0 fully saturated rings. The van der Waals surface area contributed by atoms with Gasteiger partial charge in [0.25, 0.3) is 0 Å². The molecule has 0 saturated carbocycles. The van der Waals surface area contributed by atoms with Crippen molar-refractivity contribution >= 4 is 37.3 Å². The fraction of sp³-hybridized carbons (Fsp3) is 0.750. The summed E-state index contributed by atoms with van der Waals surface area (Å²) in [7, 11) is 0. The molecule has 0 aliphatic rings. The van der Waals surface area contributed by atoms with Crippen LogP contribution in [0, 0.1) is 5.41 Å². The maximum atomic E-state index is 7.34. The number of nitrogens with zero attached hydrogens (tertiary/aromatic N) is 3. The molecule has 0 bridgehead atoms. The minimum atomic E-state index is -0.833. The molecule has 0 amide bonds. The molecule has 0 unspecified atom stereocenters. The number of azo groups is 1. The molecule has 0 aliphatic carbocycles. The zero-order chi connectivity index (χ0) is 13.0. The van der Waals surface area contributed by atoms with Gasteiger partial charge in [-0.3, -0.25) is 5.41 Å². The van der Waals surface area contributed by atoms with Gasteiger partial charge < -0.3 is 23.3 Å². The maximum Gasteiger partial charge on any atom is 0.132 e. The van der Waals surface area contributed by atoms with E-state index in [1.807, 2.05) is 0 Å². The van der Waals surface area contributed by atoms with Crippen LogP contribution in [0.3, 0.4) is 0 Å². The van der Waals surface area contributed by atoms with Crippen molar-refractivity contribution in [3.8, 4) is 0 Å². The number of thiol groups is 1. The van der Waals surface area contributed by atoms with E-state index < -0.39 is 11.1 Å². The average molecular weight is 261 g/mol. The highest BCUT2D eigenvalue weighted by molar-refractivity contribution is 7.79. The van der Waals surface area contributed by atoms with E-state index in [1.165, 1.54) is 0 Å². The Labute approximate surface area is 107 Å². The normalized spacial score (nSPS) is 14.2. The first-order valence-electron chi connectivity index (χ1n) is 4.56. The molecule has 0 aromatic carbocycles. The highest BCUT2D eigenvalue weighted by atomic mass is 32.1. The van der Waals surface area contributed by atoms with Gasteiger partial charge in [-0.1, -0.05) is 0 Å². The van der Waals surface area contributed by atoms with Gasteiger partial charge in [0.05, 0.1) is 0 Å². The Bertz CT molecular complexity index is 320. The van der Waals surface area contributed by atoms with Crippen LogP contribution in [0.15, 0.2) is 14.6 Å². The van der Waals surface area contributed by atoms with Gasteiger partial charge in [0.2, 0.25) is 0 Å². The summed E-state index contributed by atoms with van der Waals surface area (Å²) in [6, 6.07) is 0. The standard InChI is InChI=1S/C8H17N6S2/c1-7(2,5(9)10)13-14-8(3,4)6(11-15)12-16/h1-4H3,(H5-,9,10,11,12,15,16)/q-1. The third kappa shape index (κ3) is 4.01. The van der Waals surface area contributed by atoms with Crippen molar-refractivity contribution in [3.63, 3.8) is 0 Å². The van der Waals surface area contributed by atoms with Crippen molar-refractivity contribution in [3.05, 3.63) is 0 Å². The van der Waals surface area contributed by atoms with E-state index in [-0.39, 0.29) is 5.84 Å². The molecule has 8 heteroatoms. The van der Waals surface area contributed by atoms with Gasteiger partial charge in [-0.05, 0) is 40.5 Å². The lowest BCUT2D eigenvalue weighted by Gasteiger charge is -2.26. The first kappa shape index (κ1) is 15.2. The van der Waals surface area contributed by atoms with Gasteiger partial charge in [0.15, 0.2) is 0 Å². The van der Waals surface area contributed by atoms with E-state index in [9.17, 15) is 0 Å². The zero-order valence-electron chi connectivity index (χ0n) is 9.77. The highest BCUT2D eigenvalue weighted by Crippen LogP contribution is 2.16. The molecule has 0 aliphatic heterocycles. The molecular formula is C8H17N6S2-. The molecule has 0 aromatic heterocycles. The van der Waals surface area contributed by atoms with E-state index in [0.717, 1.165) is 0 Å². The van der Waals surface area contributed by atoms with E-state index in [1.54, 1.807) is 27.7 Å². The third-order valence-corrected chi connectivity index (χ3v) is 2.38. The van der Waals surface area contributed by atoms with Crippen LogP contribution in [-0.2, 0) is 12.8 Å². The minimum absolute atomic E-state index is 0.0530. The van der Waals surface area contributed by atoms with Crippen LogP contribution in [0.2, 0.25) is 0 Å². The molecule has 0 heterocycles. The van der Waals surface area contributed by atoms with Crippen LogP contribution in [0.25, 0.3) is 0 Å². The summed E-state index contributed by atoms with van der Waals surface area (Å²) in [4.78, 5) is 0. The summed E-state index contributed by atoms with van der Waals surface area (Å²) in [5.41, 5.74) is 3.83. The lowest BCUT2D eigenvalue weighted by Crippen LogP contribution is -2.40. The molecule has 0 radical (unpaired) electrons. The van der Waals surface area contributed by atoms with Gasteiger partial charge >= 0.3 is 0 Å². The molecule has 0 saturated heterocycles. The fourth-order valence-corrected chi connectivity index (χ4v) is 1.28. The molecular weight excluding hydrogens is 244 g/mol. The summed E-state index contributed by atoms with van der Waals surface area (Å²) in [6.07, 6.45) is 0. The molecule has 0 aromatic rings. The largest absolute Gasteiger partial charge is 0.669 e. The topological polar surface area (TPSA) is 99.0 Å². The Morgan fingerprint density at radius 1 is 1.25 bits per heavy atom. The predicted octanol–water partition coefficient (Wildman–Crippen LogP) is 1.23. The number of hydrogen-bond acceptors (Lipinski definition) is 6. The maximum absolute atomic E-state index is 7.34. The lowest BCUT2D eigenvalue weighted by atomic mass is 10.1. The number of rotatable bonds is 4. The van der Waals surface area contributed by atoms with Gasteiger partial charge in [0, 0.05) is 0 Å². The quantitative estimate of drug-likeness (QED) is 0.201. The average Bonchev–Trinajstić information content (AvgIpc) is 2.16. The Kier molecular flexibility index (Phi) is 5.27. The molecule has 92 valence electrons. The summed E-state index contributed by atoms with van der Waals surface area (Å²) in [5.74, 6) is 0.358. The van der Waals surface area contributed by atoms with Gasteiger partial charge in [0.1, 0.15) is 22.7 Å². The molecule has 0 rings (SSSR count). The fourth-order valence-electron chi connectivity index (χ4n) is 0.619. The molecule has 6 nitrogen and oxygen atoms in total. The molecule has 4 N–H and O–H groups in total. The number of nitrogens with one attached hydrogen (secondary N) is 2. The van der Waals surface area contributed by atoms with Crippen LogP contribution in [0.1, 0.15) is 27.7 Å². The zero-order valence-corrected chi connectivity index (χ0v) is 11.5. The minimum Gasteiger partial charge on any atom is -0.669 e. The van der Waals surface area contributed by atoms with Gasteiger partial charge in [-0.15, -0.1) is 0 Å². The second kappa shape index (κ2) is 5.53. The van der Waals surface area contributed by atoms with Crippen molar-refractivity contribution in [2.45, 2.75) is 38.8 Å². The number of amidine groups is 2. The Morgan fingerprint density at radius 2 is 1.69 bits per heavy atom. The molecule has 0 atom stereocenters. The smallest absolute Gasteiger partial charge is 0.132 e. The van der Waals surface area contributed by atoms with Crippen LogP contribution in [0.5, 0.6) is 0 Å². The van der Waals surface area contributed by atoms with E-state index in [0.29, 0.717) is 5.84 Å². The van der Waals surface area contributed by atoms with E-state index >= 15 is 0 Å². The first-order chi connectivity index (χ1) is 7.17. The highest BCUT2D eigenvalue weighted by Gasteiger charge is 2.26. The van der Waals surface area contributed by atoms with Crippen molar-refractivity contribution < 1.29 is 0 Å². The lowest BCUT2D eigenvalue weighted by molar-refractivity contribution is 0.558. The Morgan fingerprint density at radius 3 is 2.00 bits per heavy atom. The second-order valence-electron chi connectivity index (χ2n) is 4.28. The SMILES string of the molecule is CC(C)(N=NC(C)(C)C(=NS)N[S-])C(=N)N. The van der Waals surface area contributed by atoms with Crippen LogP contribution in [-0.4, -0.2) is 22.7 Å². The van der Waals surface area contributed by atoms with Gasteiger partial charge in [-0.25, -0.2) is 4.40 Å². The van der Waals surface area contributed by atoms with Crippen LogP contribution < -0.4 is 10.5 Å². The Balaban J connectivity index is 4.97.